The predicted molar refractivity (Wildman–Crippen MR) is 102 cm³/mol. The average Bonchev–Trinajstić information content (AvgIpc) is 3.11. The van der Waals surface area contributed by atoms with Gasteiger partial charge < -0.3 is 5.32 Å². The van der Waals surface area contributed by atoms with E-state index in [1.165, 1.54) is 10.5 Å². The molecule has 0 aliphatic heterocycles. The quantitative estimate of drug-likeness (QED) is 0.655. The van der Waals surface area contributed by atoms with Gasteiger partial charge >= 0.3 is 0 Å². The van der Waals surface area contributed by atoms with Crippen LogP contribution in [0.25, 0.3) is 5.69 Å². The summed E-state index contributed by atoms with van der Waals surface area (Å²) >= 11 is 1.70. The smallest absolute Gasteiger partial charge is 0.221 e. The number of aryl methyl sites for hydroxylation is 1. The van der Waals surface area contributed by atoms with Gasteiger partial charge in [0.15, 0.2) is 0 Å². The fourth-order valence-electron chi connectivity index (χ4n) is 2.36. The summed E-state index contributed by atoms with van der Waals surface area (Å²) in [4.78, 5) is 13.2. The lowest BCUT2D eigenvalue weighted by Crippen LogP contribution is -2.22. The summed E-state index contributed by atoms with van der Waals surface area (Å²) in [6, 6.07) is 18.3. The molecule has 3 aromatic rings. The number of hydrogen-bond acceptors (Lipinski definition) is 3. The number of carbonyl (C=O) groups excluding carboxylic acids is 1. The number of para-hydroxylation sites is 1. The van der Waals surface area contributed by atoms with Gasteiger partial charge in [0.2, 0.25) is 5.91 Å². The van der Waals surface area contributed by atoms with E-state index in [0.29, 0.717) is 13.0 Å². The van der Waals surface area contributed by atoms with Gasteiger partial charge in [0.1, 0.15) is 0 Å². The minimum Gasteiger partial charge on any atom is -0.352 e. The topological polar surface area (TPSA) is 46.9 Å². The van der Waals surface area contributed by atoms with Crippen molar-refractivity contribution in [1.29, 1.82) is 0 Å². The summed E-state index contributed by atoms with van der Waals surface area (Å²) in [6.45, 7) is 2.57. The minimum atomic E-state index is 0.0621. The van der Waals surface area contributed by atoms with E-state index in [1.807, 2.05) is 41.2 Å². The Morgan fingerprint density at radius 2 is 1.88 bits per heavy atom. The minimum absolute atomic E-state index is 0.0621. The molecular weight excluding hydrogens is 330 g/mol. The van der Waals surface area contributed by atoms with Crippen molar-refractivity contribution in [2.75, 3.05) is 5.75 Å². The molecule has 0 bridgehead atoms. The van der Waals surface area contributed by atoms with Crippen LogP contribution < -0.4 is 5.32 Å². The molecule has 1 aromatic heterocycles. The molecule has 1 heterocycles. The normalized spacial score (nSPS) is 10.6. The molecule has 5 heteroatoms. The first kappa shape index (κ1) is 17.3. The lowest BCUT2D eigenvalue weighted by Gasteiger charge is -2.04. The van der Waals surface area contributed by atoms with Crippen molar-refractivity contribution in [3.8, 4) is 5.69 Å². The van der Waals surface area contributed by atoms with Crippen molar-refractivity contribution in [3.63, 3.8) is 0 Å². The molecule has 0 fully saturated rings. The largest absolute Gasteiger partial charge is 0.352 e. The zero-order valence-corrected chi connectivity index (χ0v) is 15.0. The van der Waals surface area contributed by atoms with Crippen LogP contribution in [0.4, 0.5) is 0 Å². The second kappa shape index (κ2) is 8.53. The number of nitrogens with one attached hydrogen (secondary N) is 1. The van der Waals surface area contributed by atoms with E-state index >= 15 is 0 Å². The molecule has 0 unspecified atom stereocenters. The third kappa shape index (κ3) is 5.22. The van der Waals surface area contributed by atoms with Gasteiger partial charge in [-0.05, 0) is 31.2 Å². The van der Waals surface area contributed by atoms with Crippen molar-refractivity contribution >= 4 is 17.7 Å². The molecule has 25 heavy (non-hydrogen) atoms. The highest BCUT2D eigenvalue weighted by Crippen LogP contribution is 2.18. The molecule has 1 N–H and O–H groups in total. The third-order valence-electron chi connectivity index (χ3n) is 3.77. The molecule has 0 saturated heterocycles. The Kier molecular flexibility index (Phi) is 5.90. The maximum atomic E-state index is 12.0. The van der Waals surface area contributed by atoms with Gasteiger partial charge in [-0.25, -0.2) is 4.68 Å². The van der Waals surface area contributed by atoms with Crippen LogP contribution in [0.15, 0.2) is 71.9 Å². The lowest BCUT2D eigenvalue weighted by atomic mass is 10.2. The SMILES string of the molecule is Cc1ccc(SCCC(=O)NCc2cnn(-c3ccccc3)c2)cc1. The Hall–Kier alpha value is -2.53. The van der Waals surface area contributed by atoms with Gasteiger partial charge in [0.25, 0.3) is 0 Å². The van der Waals surface area contributed by atoms with Crippen LogP contribution >= 0.6 is 11.8 Å². The molecular formula is C20H21N3OS. The summed E-state index contributed by atoms with van der Waals surface area (Å²) in [5.41, 5.74) is 3.25. The van der Waals surface area contributed by atoms with Crippen LogP contribution in [0.2, 0.25) is 0 Å². The van der Waals surface area contributed by atoms with Gasteiger partial charge in [-0.2, -0.15) is 5.10 Å². The Balaban J connectivity index is 1.42. The Labute approximate surface area is 152 Å². The van der Waals surface area contributed by atoms with Gasteiger partial charge in [0, 0.05) is 35.4 Å². The van der Waals surface area contributed by atoms with Gasteiger partial charge in [-0.3, -0.25) is 4.79 Å². The van der Waals surface area contributed by atoms with Crippen molar-refractivity contribution in [1.82, 2.24) is 15.1 Å². The molecule has 128 valence electrons. The monoisotopic (exact) mass is 351 g/mol. The second-order valence-corrected chi connectivity index (χ2v) is 6.99. The summed E-state index contributed by atoms with van der Waals surface area (Å²) in [7, 11) is 0. The van der Waals surface area contributed by atoms with Crippen LogP contribution in [0, 0.1) is 6.92 Å². The van der Waals surface area contributed by atoms with Crippen LogP contribution in [0.5, 0.6) is 0 Å². The zero-order valence-electron chi connectivity index (χ0n) is 14.2. The molecule has 4 nitrogen and oxygen atoms in total. The highest BCUT2D eigenvalue weighted by molar-refractivity contribution is 7.99. The summed E-state index contributed by atoms with van der Waals surface area (Å²) in [6.07, 6.45) is 4.23. The average molecular weight is 351 g/mol. The highest BCUT2D eigenvalue weighted by atomic mass is 32.2. The van der Waals surface area contributed by atoms with Crippen LogP contribution in [-0.4, -0.2) is 21.4 Å². The molecule has 3 rings (SSSR count). The van der Waals surface area contributed by atoms with Crippen LogP contribution in [0.1, 0.15) is 17.5 Å². The lowest BCUT2D eigenvalue weighted by molar-refractivity contribution is -0.120. The molecule has 0 spiro atoms. The Morgan fingerprint density at radius 1 is 1.12 bits per heavy atom. The molecule has 1 amide bonds. The molecule has 2 aromatic carbocycles. The van der Waals surface area contributed by atoms with E-state index in [0.717, 1.165) is 17.0 Å². The second-order valence-electron chi connectivity index (χ2n) is 5.82. The summed E-state index contributed by atoms with van der Waals surface area (Å²) in [5, 5.41) is 7.29. The molecule has 0 radical (unpaired) electrons. The van der Waals surface area contributed by atoms with Crippen LogP contribution in [-0.2, 0) is 11.3 Å². The fraction of sp³-hybridized carbons (Fsp3) is 0.200. The highest BCUT2D eigenvalue weighted by Gasteiger charge is 2.05. The fourth-order valence-corrected chi connectivity index (χ4v) is 3.21. The van der Waals surface area contributed by atoms with Gasteiger partial charge in [0.05, 0.1) is 11.9 Å². The van der Waals surface area contributed by atoms with Crippen molar-refractivity contribution < 1.29 is 4.79 Å². The number of nitrogens with zero attached hydrogens (tertiary/aromatic N) is 2. The molecule has 0 aliphatic rings. The van der Waals surface area contributed by atoms with E-state index in [1.54, 1.807) is 18.0 Å². The predicted octanol–water partition coefficient (Wildman–Crippen LogP) is 3.98. The maximum Gasteiger partial charge on any atom is 0.221 e. The Bertz CT molecular complexity index is 812. The molecule has 0 aliphatic carbocycles. The number of amides is 1. The standard InChI is InChI=1S/C20H21N3OS/c1-16-7-9-19(10-8-16)25-12-11-20(24)21-13-17-14-22-23(15-17)18-5-3-2-4-6-18/h2-10,14-15H,11-13H2,1H3,(H,21,24). The number of thioether (sulfide) groups is 1. The number of carbonyl (C=O) groups is 1. The zero-order chi connectivity index (χ0) is 17.5. The van der Waals surface area contributed by atoms with E-state index in [9.17, 15) is 4.79 Å². The van der Waals surface area contributed by atoms with Crippen molar-refractivity contribution in [2.45, 2.75) is 24.8 Å². The van der Waals surface area contributed by atoms with E-state index < -0.39 is 0 Å². The molecule has 0 atom stereocenters. The Morgan fingerprint density at radius 3 is 2.64 bits per heavy atom. The molecule has 0 saturated carbocycles. The van der Waals surface area contributed by atoms with E-state index in [-0.39, 0.29) is 5.91 Å². The van der Waals surface area contributed by atoms with Crippen molar-refractivity contribution in [2.24, 2.45) is 0 Å². The van der Waals surface area contributed by atoms with E-state index in [2.05, 4.69) is 41.6 Å². The number of aromatic nitrogens is 2. The first-order valence-electron chi connectivity index (χ1n) is 8.26. The van der Waals surface area contributed by atoms with Gasteiger partial charge in [-0.1, -0.05) is 35.9 Å². The van der Waals surface area contributed by atoms with Crippen molar-refractivity contribution in [3.05, 3.63) is 78.1 Å². The number of benzene rings is 2. The van der Waals surface area contributed by atoms with E-state index in [4.69, 9.17) is 0 Å². The first-order valence-corrected chi connectivity index (χ1v) is 9.24. The third-order valence-corrected chi connectivity index (χ3v) is 4.78. The van der Waals surface area contributed by atoms with Crippen LogP contribution in [0.3, 0.4) is 0 Å². The maximum absolute atomic E-state index is 12.0. The number of rotatable bonds is 7. The number of hydrogen-bond donors (Lipinski definition) is 1. The summed E-state index contributed by atoms with van der Waals surface area (Å²) in [5.74, 6) is 0.838. The first-order chi connectivity index (χ1) is 12.2. The van der Waals surface area contributed by atoms with Gasteiger partial charge in [-0.15, -0.1) is 11.8 Å². The summed E-state index contributed by atoms with van der Waals surface area (Å²) < 4.78 is 1.81.